The lowest BCUT2D eigenvalue weighted by atomic mass is 10.1. The number of carbonyl (C=O) groups excluding carboxylic acids is 1. The maximum atomic E-state index is 12.1. The molecule has 1 atom stereocenters. The fourth-order valence-corrected chi connectivity index (χ4v) is 1.70. The van der Waals surface area contributed by atoms with Crippen molar-refractivity contribution in [3.63, 3.8) is 0 Å². The van der Waals surface area contributed by atoms with E-state index in [1.54, 1.807) is 18.3 Å². The van der Waals surface area contributed by atoms with E-state index in [0.29, 0.717) is 17.8 Å². The Labute approximate surface area is 108 Å². The van der Waals surface area contributed by atoms with Crippen LogP contribution in [0.3, 0.4) is 0 Å². The quantitative estimate of drug-likeness (QED) is 0.793. The average Bonchev–Trinajstić information content (AvgIpc) is 2.36. The van der Waals surface area contributed by atoms with Crippen LogP contribution in [0.15, 0.2) is 18.3 Å². The molecule has 5 nitrogen and oxygen atoms in total. The van der Waals surface area contributed by atoms with Gasteiger partial charge in [-0.05, 0) is 31.9 Å². The van der Waals surface area contributed by atoms with Gasteiger partial charge in [-0.25, -0.2) is 4.98 Å². The summed E-state index contributed by atoms with van der Waals surface area (Å²) in [5.74, 6) is 0.529. The molecule has 18 heavy (non-hydrogen) atoms. The van der Waals surface area contributed by atoms with E-state index in [1.807, 2.05) is 25.9 Å². The fraction of sp³-hybridized carbons (Fsp3) is 0.538. The number of carbonyl (C=O) groups is 1. The second-order valence-corrected chi connectivity index (χ2v) is 4.51. The Morgan fingerprint density at radius 1 is 1.56 bits per heavy atom. The molecule has 0 aromatic carbocycles. The van der Waals surface area contributed by atoms with E-state index in [9.17, 15) is 4.79 Å². The molecule has 1 unspecified atom stereocenters. The van der Waals surface area contributed by atoms with Crippen LogP contribution in [0.4, 0.5) is 5.82 Å². The van der Waals surface area contributed by atoms with Crippen LogP contribution in [0.2, 0.25) is 0 Å². The number of rotatable bonds is 6. The van der Waals surface area contributed by atoms with E-state index in [0.717, 1.165) is 6.42 Å². The summed E-state index contributed by atoms with van der Waals surface area (Å²) in [6.45, 7) is 2.08. The van der Waals surface area contributed by atoms with Crippen LogP contribution in [0, 0.1) is 0 Å². The third kappa shape index (κ3) is 4.00. The molecule has 2 N–H and O–H groups in total. The second kappa shape index (κ2) is 6.96. The van der Waals surface area contributed by atoms with Gasteiger partial charge in [-0.1, -0.05) is 0 Å². The molecule has 0 fully saturated rings. The summed E-state index contributed by atoms with van der Waals surface area (Å²) in [5.41, 5.74) is 0.568. The highest BCUT2D eigenvalue weighted by Crippen LogP contribution is 2.14. The molecular formula is C13H21N3O2. The predicted molar refractivity (Wildman–Crippen MR) is 71.8 cm³/mol. The summed E-state index contributed by atoms with van der Waals surface area (Å²) in [7, 11) is 3.71. The molecule has 0 aliphatic heterocycles. The molecule has 0 spiro atoms. The van der Waals surface area contributed by atoms with Gasteiger partial charge in [0, 0.05) is 32.9 Å². The fourth-order valence-electron chi connectivity index (χ4n) is 1.70. The van der Waals surface area contributed by atoms with Gasteiger partial charge in [-0.2, -0.15) is 0 Å². The molecule has 1 amide bonds. The smallest absolute Gasteiger partial charge is 0.255 e. The maximum absolute atomic E-state index is 12.1. The number of hydrogen-bond donors (Lipinski definition) is 2. The third-order valence-corrected chi connectivity index (χ3v) is 2.63. The zero-order valence-corrected chi connectivity index (χ0v) is 11.2. The maximum Gasteiger partial charge on any atom is 0.255 e. The van der Waals surface area contributed by atoms with Gasteiger partial charge in [0.25, 0.3) is 5.91 Å². The van der Waals surface area contributed by atoms with Gasteiger partial charge in [0.15, 0.2) is 0 Å². The van der Waals surface area contributed by atoms with Crippen LogP contribution in [0.5, 0.6) is 0 Å². The van der Waals surface area contributed by atoms with Crippen molar-refractivity contribution in [1.29, 1.82) is 0 Å². The number of anilines is 1. The van der Waals surface area contributed by atoms with E-state index >= 15 is 0 Å². The Morgan fingerprint density at radius 3 is 2.89 bits per heavy atom. The highest BCUT2D eigenvalue weighted by atomic mass is 16.3. The van der Waals surface area contributed by atoms with Gasteiger partial charge in [-0.15, -0.1) is 0 Å². The average molecular weight is 251 g/mol. The zero-order valence-electron chi connectivity index (χ0n) is 11.2. The van der Waals surface area contributed by atoms with Crippen LogP contribution in [0.25, 0.3) is 0 Å². The van der Waals surface area contributed by atoms with Crippen LogP contribution in [-0.2, 0) is 0 Å². The molecule has 1 rings (SSSR count). The Morgan fingerprint density at radius 2 is 2.28 bits per heavy atom. The molecule has 0 aliphatic carbocycles. The van der Waals surface area contributed by atoms with Crippen molar-refractivity contribution >= 4 is 11.7 Å². The zero-order chi connectivity index (χ0) is 13.5. The molecule has 5 heteroatoms. The van der Waals surface area contributed by atoms with E-state index in [4.69, 9.17) is 5.11 Å². The molecule has 0 aliphatic rings. The first-order chi connectivity index (χ1) is 8.56. The summed E-state index contributed by atoms with van der Waals surface area (Å²) < 4.78 is 0. The van der Waals surface area contributed by atoms with Gasteiger partial charge in [0.1, 0.15) is 5.82 Å². The molecular weight excluding hydrogens is 230 g/mol. The standard InChI is InChI=1S/C13H21N3O2/c1-10(6-5-9-17)15-13(18)11-7-4-8-14-12(11)16(2)3/h4,7-8,10,17H,5-6,9H2,1-3H3,(H,15,18). The molecule has 100 valence electrons. The minimum atomic E-state index is -0.128. The Balaban J connectivity index is 2.72. The summed E-state index contributed by atoms with van der Waals surface area (Å²) in [5, 5.41) is 11.7. The topological polar surface area (TPSA) is 65.5 Å². The SMILES string of the molecule is CC(CCCO)NC(=O)c1cccnc1N(C)C. The van der Waals surface area contributed by atoms with E-state index in [2.05, 4.69) is 10.3 Å². The lowest BCUT2D eigenvalue weighted by Gasteiger charge is -2.18. The van der Waals surface area contributed by atoms with Crippen LogP contribution < -0.4 is 10.2 Å². The van der Waals surface area contributed by atoms with Crippen molar-refractivity contribution in [3.8, 4) is 0 Å². The second-order valence-electron chi connectivity index (χ2n) is 4.51. The van der Waals surface area contributed by atoms with Crippen molar-refractivity contribution in [2.45, 2.75) is 25.8 Å². The lowest BCUT2D eigenvalue weighted by Crippen LogP contribution is -2.33. The molecule has 1 heterocycles. The number of nitrogens with one attached hydrogen (secondary N) is 1. The van der Waals surface area contributed by atoms with Crippen LogP contribution in [0.1, 0.15) is 30.1 Å². The highest BCUT2D eigenvalue weighted by molar-refractivity contribution is 5.98. The van der Waals surface area contributed by atoms with Gasteiger partial charge < -0.3 is 15.3 Å². The number of aliphatic hydroxyl groups excluding tert-OH is 1. The lowest BCUT2D eigenvalue weighted by molar-refractivity contribution is 0.0936. The first-order valence-corrected chi connectivity index (χ1v) is 6.10. The van der Waals surface area contributed by atoms with E-state index in [1.165, 1.54) is 0 Å². The van der Waals surface area contributed by atoms with Gasteiger partial charge in [0.05, 0.1) is 5.56 Å². The summed E-state index contributed by atoms with van der Waals surface area (Å²) in [6.07, 6.45) is 3.12. The number of nitrogens with zero attached hydrogens (tertiary/aromatic N) is 2. The Hall–Kier alpha value is -1.62. The molecule has 0 bridgehead atoms. The molecule has 0 radical (unpaired) electrons. The Bertz CT molecular complexity index is 394. The van der Waals surface area contributed by atoms with E-state index < -0.39 is 0 Å². The van der Waals surface area contributed by atoms with Crippen molar-refractivity contribution in [1.82, 2.24) is 10.3 Å². The third-order valence-electron chi connectivity index (χ3n) is 2.63. The monoisotopic (exact) mass is 251 g/mol. The first kappa shape index (κ1) is 14.4. The van der Waals surface area contributed by atoms with Crippen LogP contribution >= 0.6 is 0 Å². The van der Waals surface area contributed by atoms with Gasteiger partial charge in [0.2, 0.25) is 0 Å². The van der Waals surface area contributed by atoms with E-state index in [-0.39, 0.29) is 18.6 Å². The normalized spacial score (nSPS) is 12.0. The molecule has 1 aromatic heterocycles. The van der Waals surface area contributed by atoms with Crippen molar-refractivity contribution in [2.75, 3.05) is 25.6 Å². The molecule has 0 saturated carbocycles. The number of hydrogen-bond acceptors (Lipinski definition) is 4. The first-order valence-electron chi connectivity index (χ1n) is 6.10. The van der Waals surface area contributed by atoms with Crippen molar-refractivity contribution in [3.05, 3.63) is 23.9 Å². The number of aromatic nitrogens is 1. The largest absolute Gasteiger partial charge is 0.396 e. The van der Waals surface area contributed by atoms with Gasteiger partial charge >= 0.3 is 0 Å². The molecule has 0 saturated heterocycles. The number of pyridine rings is 1. The number of amides is 1. The van der Waals surface area contributed by atoms with Crippen LogP contribution in [-0.4, -0.2) is 42.7 Å². The predicted octanol–water partition coefficient (Wildman–Crippen LogP) is 1.04. The van der Waals surface area contributed by atoms with Crippen molar-refractivity contribution in [2.24, 2.45) is 0 Å². The summed E-state index contributed by atoms with van der Waals surface area (Å²) >= 11 is 0. The van der Waals surface area contributed by atoms with Crippen molar-refractivity contribution < 1.29 is 9.90 Å². The summed E-state index contributed by atoms with van der Waals surface area (Å²) in [4.78, 5) is 18.1. The molecule has 1 aromatic rings. The van der Waals surface area contributed by atoms with Gasteiger partial charge in [-0.3, -0.25) is 4.79 Å². The summed E-state index contributed by atoms with van der Waals surface area (Å²) in [6, 6.07) is 3.55. The highest BCUT2D eigenvalue weighted by Gasteiger charge is 2.15. The number of aliphatic hydroxyl groups is 1. The Kier molecular flexibility index (Phi) is 5.58. The minimum absolute atomic E-state index is 0.0415. The minimum Gasteiger partial charge on any atom is -0.396 e.